The first-order chi connectivity index (χ1) is 13.1. The van der Waals surface area contributed by atoms with Crippen molar-refractivity contribution in [3.05, 3.63) is 83.9 Å². The number of benzene rings is 2. The minimum absolute atomic E-state index is 0.0382. The number of fused-ring (bicyclic) bond motifs is 2. The van der Waals surface area contributed by atoms with Crippen LogP contribution >= 0.6 is 0 Å². The van der Waals surface area contributed by atoms with Gasteiger partial charge < -0.3 is 4.74 Å². The highest BCUT2D eigenvalue weighted by Gasteiger charge is 2.45. The summed E-state index contributed by atoms with van der Waals surface area (Å²) in [4.78, 5) is 2.46. The highest BCUT2D eigenvalue weighted by Crippen LogP contribution is 2.42. The maximum atomic E-state index is 13.4. The molecule has 0 N–H and O–H groups in total. The van der Waals surface area contributed by atoms with Crippen LogP contribution in [0.1, 0.15) is 36.5 Å². The van der Waals surface area contributed by atoms with Gasteiger partial charge >= 0.3 is 0 Å². The van der Waals surface area contributed by atoms with Crippen LogP contribution < -0.4 is 0 Å². The zero-order valence-corrected chi connectivity index (χ0v) is 15.5. The van der Waals surface area contributed by atoms with E-state index in [4.69, 9.17) is 4.74 Å². The van der Waals surface area contributed by atoms with Crippen molar-refractivity contribution in [1.82, 2.24) is 4.90 Å². The summed E-state index contributed by atoms with van der Waals surface area (Å²) in [5.74, 6) is -0.312. The highest BCUT2D eigenvalue weighted by atomic mass is 19.1. The van der Waals surface area contributed by atoms with E-state index in [1.807, 2.05) is 6.08 Å². The van der Waals surface area contributed by atoms with Crippen LogP contribution in [0.4, 0.5) is 8.78 Å². The highest BCUT2D eigenvalue weighted by molar-refractivity contribution is 5.31. The van der Waals surface area contributed by atoms with E-state index >= 15 is 0 Å². The van der Waals surface area contributed by atoms with E-state index in [9.17, 15) is 8.78 Å². The van der Waals surface area contributed by atoms with Crippen LogP contribution in [0.3, 0.4) is 0 Å². The molecule has 27 heavy (non-hydrogen) atoms. The van der Waals surface area contributed by atoms with Crippen LogP contribution in [0.5, 0.6) is 0 Å². The number of nitrogens with zero attached hydrogens (tertiary/aromatic N) is 1. The molecule has 0 aliphatic carbocycles. The number of ether oxygens (including phenoxy) is 1. The van der Waals surface area contributed by atoms with E-state index in [-0.39, 0.29) is 29.8 Å². The Morgan fingerprint density at radius 2 is 1.56 bits per heavy atom. The van der Waals surface area contributed by atoms with Crippen molar-refractivity contribution in [3.8, 4) is 0 Å². The molecule has 142 valence electrons. The van der Waals surface area contributed by atoms with Gasteiger partial charge in [0.05, 0.1) is 6.10 Å². The predicted molar refractivity (Wildman–Crippen MR) is 102 cm³/mol. The van der Waals surface area contributed by atoms with E-state index in [0.29, 0.717) is 12.1 Å². The van der Waals surface area contributed by atoms with Crippen molar-refractivity contribution in [3.63, 3.8) is 0 Å². The normalized spacial score (nSPS) is 27.9. The van der Waals surface area contributed by atoms with Gasteiger partial charge in [-0.2, -0.15) is 0 Å². The molecule has 0 aromatic heterocycles. The average Bonchev–Trinajstić information content (AvgIpc) is 2.92. The smallest absolute Gasteiger partial charge is 0.123 e. The zero-order valence-electron chi connectivity index (χ0n) is 15.5. The molecule has 3 unspecified atom stereocenters. The standard InChI is InChI=1S/C23H25F2NO/c1-3-20-21-13-12-19(26(21)2)14-22(20)27-23(15-4-8-17(24)9-5-15)16-6-10-18(25)11-7-16/h3-11,19-23H,1,12-14H2,2H3/t19?,20?,21?,22-/m0/s1. The van der Waals surface area contributed by atoms with E-state index < -0.39 is 0 Å². The summed E-state index contributed by atoms with van der Waals surface area (Å²) in [6.45, 7) is 4.06. The molecular weight excluding hydrogens is 344 g/mol. The molecule has 2 aromatic carbocycles. The lowest BCUT2D eigenvalue weighted by Gasteiger charge is -2.42. The summed E-state index contributed by atoms with van der Waals surface area (Å²) in [6, 6.07) is 13.7. The molecule has 2 aliphatic heterocycles. The topological polar surface area (TPSA) is 12.5 Å². The second-order valence-corrected chi connectivity index (χ2v) is 7.67. The molecule has 2 nitrogen and oxygen atoms in total. The number of hydrogen-bond donors (Lipinski definition) is 0. The van der Waals surface area contributed by atoms with Gasteiger partial charge in [-0.25, -0.2) is 8.78 Å². The Hall–Kier alpha value is -2.04. The molecule has 0 spiro atoms. The van der Waals surface area contributed by atoms with Gasteiger partial charge in [0.1, 0.15) is 17.7 Å². The third-order valence-electron chi connectivity index (χ3n) is 6.20. The molecule has 2 aliphatic rings. The zero-order chi connectivity index (χ0) is 19.0. The Morgan fingerprint density at radius 1 is 1.00 bits per heavy atom. The molecule has 2 fully saturated rings. The van der Waals surface area contributed by atoms with Crippen molar-refractivity contribution in [2.24, 2.45) is 5.92 Å². The number of halogens is 2. The quantitative estimate of drug-likeness (QED) is 0.679. The fourth-order valence-corrected chi connectivity index (χ4v) is 4.72. The van der Waals surface area contributed by atoms with Gasteiger partial charge in [0.25, 0.3) is 0 Å². The molecular formula is C23H25F2NO. The maximum Gasteiger partial charge on any atom is 0.123 e. The summed E-state index contributed by atoms with van der Waals surface area (Å²) in [5, 5.41) is 0. The first-order valence-corrected chi connectivity index (χ1v) is 9.57. The molecule has 2 heterocycles. The van der Waals surface area contributed by atoms with Crippen LogP contribution in [-0.4, -0.2) is 30.1 Å². The third kappa shape index (κ3) is 3.56. The van der Waals surface area contributed by atoms with Crippen molar-refractivity contribution in [2.45, 2.75) is 43.6 Å². The predicted octanol–water partition coefficient (Wildman–Crippen LogP) is 5.11. The van der Waals surface area contributed by atoms with Crippen LogP contribution in [0, 0.1) is 17.6 Å². The van der Waals surface area contributed by atoms with Gasteiger partial charge in [-0.15, -0.1) is 6.58 Å². The largest absolute Gasteiger partial charge is 0.365 e. The van der Waals surface area contributed by atoms with Crippen molar-refractivity contribution >= 4 is 0 Å². The van der Waals surface area contributed by atoms with Crippen molar-refractivity contribution in [2.75, 3.05) is 7.05 Å². The van der Waals surface area contributed by atoms with Gasteiger partial charge in [0.2, 0.25) is 0 Å². The van der Waals surface area contributed by atoms with Crippen LogP contribution in [0.2, 0.25) is 0 Å². The van der Waals surface area contributed by atoms with E-state index in [2.05, 4.69) is 18.5 Å². The fraction of sp³-hybridized carbons (Fsp3) is 0.391. The summed E-state index contributed by atoms with van der Waals surface area (Å²) >= 11 is 0. The van der Waals surface area contributed by atoms with Gasteiger partial charge in [-0.1, -0.05) is 30.3 Å². The Morgan fingerprint density at radius 3 is 2.07 bits per heavy atom. The van der Waals surface area contributed by atoms with Gasteiger partial charge in [0.15, 0.2) is 0 Å². The average molecular weight is 369 g/mol. The lowest BCUT2D eigenvalue weighted by atomic mass is 9.87. The van der Waals surface area contributed by atoms with Crippen LogP contribution in [0.15, 0.2) is 61.2 Å². The Bertz CT molecular complexity index is 744. The molecule has 2 aromatic rings. The number of rotatable bonds is 5. The lowest BCUT2D eigenvalue weighted by Crippen LogP contribution is -2.49. The fourth-order valence-electron chi connectivity index (χ4n) is 4.72. The van der Waals surface area contributed by atoms with Gasteiger partial charge in [-0.05, 0) is 61.7 Å². The second-order valence-electron chi connectivity index (χ2n) is 7.67. The Balaban J connectivity index is 1.65. The summed E-state index contributed by atoms with van der Waals surface area (Å²) < 4.78 is 33.5. The van der Waals surface area contributed by atoms with E-state index in [1.54, 1.807) is 24.3 Å². The molecule has 4 rings (SSSR count). The second kappa shape index (κ2) is 7.53. The molecule has 4 atom stereocenters. The molecule has 0 saturated carbocycles. The minimum atomic E-state index is -0.360. The molecule has 2 bridgehead atoms. The summed E-state index contributed by atoms with van der Waals surface area (Å²) in [6.07, 6.45) is 4.98. The Labute approximate surface area is 159 Å². The molecule has 0 radical (unpaired) electrons. The van der Waals surface area contributed by atoms with E-state index in [0.717, 1.165) is 24.0 Å². The van der Waals surface area contributed by atoms with Crippen LogP contribution in [0.25, 0.3) is 0 Å². The Kier molecular flexibility index (Phi) is 5.11. The molecule has 0 amide bonds. The third-order valence-corrected chi connectivity index (χ3v) is 6.20. The number of piperidine rings is 1. The minimum Gasteiger partial charge on any atom is -0.365 e. The SMILES string of the molecule is C=CC1C2CCC(C[C@@H]1OC(c1ccc(F)cc1)c1ccc(F)cc1)N2C. The monoisotopic (exact) mass is 369 g/mol. The van der Waals surface area contributed by atoms with Gasteiger partial charge in [0, 0.05) is 18.0 Å². The first kappa shape index (κ1) is 18.3. The molecule has 2 saturated heterocycles. The first-order valence-electron chi connectivity index (χ1n) is 9.57. The summed E-state index contributed by atoms with van der Waals surface area (Å²) in [5.41, 5.74) is 1.74. The maximum absolute atomic E-state index is 13.4. The molecule has 4 heteroatoms. The lowest BCUT2D eigenvalue weighted by molar-refractivity contribution is -0.0674. The number of hydrogen-bond acceptors (Lipinski definition) is 2. The van der Waals surface area contributed by atoms with Crippen molar-refractivity contribution < 1.29 is 13.5 Å². The summed E-state index contributed by atoms with van der Waals surface area (Å²) in [7, 11) is 2.19. The van der Waals surface area contributed by atoms with E-state index in [1.165, 1.54) is 30.7 Å². The van der Waals surface area contributed by atoms with Gasteiger partial charge in [-0.3, -0.25) is 4.90 Å². The van der Waals surface area contributed by atoms with Crippen LogP contribution in [-0.2, 0) is 4.74 Å². The van der Waals surface area contributed by atoms with Crippen molar-refractivity contribution in [1.29, 1.82) is 0 Å².